The summed E-state index contributed by atoms with van der Waals surface area (Å²) in [6.45, 7) is 6.64. The fraction of sp³-hybridized carbons (Fsp3) is 0.333. The number of aromatic nitrogens is 3. The summed E-state index contributed by atoms with van der Waals surface area (Å²) in [5.74, 6) is 3.33. The van der Waals surface area contributed by atoms with E-state index in [1.54, 1.807) is 13.0 Å². The summed E-state index contributed by atoms with van der Waals surface area (Å²) in [4.78, 5) is 25.6. The molecule has 2 N–H and O–H groups in total. The Morgan fingerprint density at radius 3 is 2.65 bits per heavy atom. The second-order valence-electron chi connectivity index (χ2n) is 7.24. The van der Waals surface area contributed by atoms with E-state index >= 15 is 0 Å². The number of nitrogens with zero attached hydrogens (tertiary/aromatic N) is 5. The molecule has 3 heterocycles. The van der Waals surface area contributed by atoms with Crippen molar-refractivity contribution in [2.45, 2.75) is 13.8 Å². The van der Waals surface area contributed by atoms with Crippen molar-refractivity contribution >= 4 is 34.9 Å². The van der Waals surface area contributed by atoms with Crippen molar-refractivity contribution in [3.63, 3.8) is 0 Å². The zero-order valence-electron chi connectivity index (χ0n) is 17.8. The van der Waals surface area contributed by atoms with Crippen molar-refractivity contribution in [3.8, 4) is 0 Å². The number of hydrogen-bond donors (Lipinski definition) is 2. The number of morpholine rings is 1. The van der Waals surface area contributed by atoms with Crippen LogP contribution in [0.25, 0.3) is 0 Å². The smallest absolute Gasteiger partial charge is 0.324 e. The third-order valence-electron chi connectivity index (χ3n) is 4.85. The molecule has 0 radical (unpaired) electrons. The zero-order valence-corrected chi connectivity index (χ0v) is 17.8. The first-order valence-electron chi connectivity index (χ1n) is 10.0. The van der Waals surface area contributed by atoms with Gasteiger partial charge in [-0.2, -0.15) is 0 Å². The van der Waals surface area contributed by atoms with Crippen LogP contribution in [-0.4, -0.2) is 54.5 Å². The van der Waals surface area contributed by atoms with Gasteiger partial charge in [0.2, 0.25) is 0 Å². The number of rotatable bonds is 5. The number of hydrogen-bond acceptors (Lipinski definition) is 8. The maximum absolute atomic E-state index is 12.3. The SMILES string of the molecule is Cc1nc(N2CCOCC2)cc(N(C)c2cccc(NC(=O)Nc3cc(C)on3)c2)n1. The van der Waals surface area contributed by atoms with Crippen LogP contribution < -0.4 is 20.4 Å². The molecule has 31 heavy (non-hydrogen) atoms. The van der Waals surface area contributed by atoms with Crippen molar-refractivity contribution in [2.75, 3.05) is 53.8 Å². The minimum atomic E-state index is -0.402. The molecule has 2 amide bonds. The normalized spacial score (nSPS) is 13.7. The van der Waals surface area contributed by atoms with E-state index in [4.69, 9.17) is 9.26 Å². The van der Waals surface area contributed by atoms with Crippen LogP contribution in [0.4, 0.5) is 33.6 Å². The van der Waals surface area contributed by atoms with Gasteiger partial charge in [-0.3, -0.25) is 5.32 Å². The molecule has 0 aliphatic carbocycles. The third-order valence-corrected chi connectivity index (χ3v) is 4.85. The van der Waals surface area contributed by atoms with Gasteiger partial charge in [0.15, 0.2) is 5.82 Å². The van der Waals surface area contributed by atoms with E-state index in [0.29, 0.717) is 36.3 Å². The lowest BCUT2D eigenvalue weighted by Crippen LogP contribution is -2.37. The van der Waals surface area contributed by atoms with Crippen LogP contribution in [0.3, 0.4) is 0 Å². The topological polar surface area (TPSA) is 109 Å². The molecular weight excluding hydrogens is 398 g/mol. The lowest BCUT2D eigenvalue weighted by Gasteiger charge is -2.29. The predicted molar refractivity (Wildman–Crippen MR) is 118 cm³/mol. The Bertz CT molecular complexity index is 1060. The first-order chi connectivity index (χ1) is 15.0. The molecule has 0 saturated carbocycles. The summed E-state index contributed by atoms with van der Waals surface area (Å²) in [6, 6.07) is 10.7. The summed E-state index contributed by atoms with van der Waals surface area (Å²) < 4.78 is 10.4. The molecule has 0 spiro atoms. The summed E-state index contributed by atoms with van der Waals surface area (Å²) in [5, 5.41) is 9.20. The Labute approximate surface area is 180 Å². The molecule has 1 fully saturated rings. The minimum Gasteiger partial charge on any atom is -0.378 e. The molecule has 1 aromatic carbocycles. The molecule has 10 nitrogen and oxygen atoms in total. The van der Waals surface area contributed by atoms with Gasteiger partial charge in [0, 0.05) is 43.6 Å². The summed E-state index contributed by atoms with van der Waals surface area (Å²) in [6.07, 6.45) is 0. The Balaban J connectivity index is 1.49. The van der Waals surface area contributed by atoms with E-state index in [1.165, 1.54) is 0 Å². The van der Waals surface area contributed by atoms with E-state index in [0.717, 1.165) is 30.4 Å². The van der Waals surface area contributed by atoms with Gasteiger partial charge in [0.1, 0.15) is 23.2 Å². The van der Waals surface area contributed by atoms with Crippen molar-refractivity contribution in [2.24, 2.45) is 0 Å². The molecule has 1 aliphatic heterocycles. The quantitative estimate of drug-likeness (QED) is 0.643. The van der Waals surface area contributed by atoms with Gasteiger partial charge in [0.05, 0.1) is 13.2 Å². The highest BCUT2D eigenvalue weighted by Gasteiger charge is 2.16. The molecule has 1 saturated heterocycles. The van der Waals surface area contributed by atoms with E-state index in [-0.39, 0.29) is 0 Å². The molecule has 162 valence electrons. The van der Waals surface area contributed by atoms with Crippen LogP contribution in [0.5, 0.6) is 0 Å². The van der Waals surface area contributed by atoms with E-state index in [2.05, 4.69) is 30.7 Å². The van der Waals surface area contributed by atoms with Gasteiger partial charge in [-0.15, -0.1) is 0 Å². The largest absolute Gasteiger partial charge is 0.378 e. The number of benzene rings is 1. The monoisotopic (exact) mass is 423 g/mol. The highest BCUT2D eigenvalue weighted by atomic mass is 16.5. The molecule has 10 heteroatoms. The molecule has 0 unspecified atom stereocenters. The van der Waals surface area contributed by atoms with Gasteiger partial charge in [-0.25, -0.2) is 14.8 Å². The lowest BCUT2D eigenvalue weighted by atomic mass is 10.2. The number of anilines is 5. The van der Waals surface area contributed by atoms with Crippen molar-refractivity contribution in [3.05, 3.63) is 48.0 Å². The Morgan fingerprint density at radius 2 is 1.90 bits per heavy atom. The number of aryl methyl sites for hydroxylation is 2. The number of carbonyl (C=O) groups excluding carboxylic acids is 1. The van der Waals surface area contributed by atoms with E-state index in [9.17, 15) is 4.79 Å². The van der Waals surface area contributed by atoms with Crippen LogP contribution in [0, 0.1) is 13.8 Å². The highest BCUT2D eigenvalue weighted by Crippen LogP contribution is 2.27. The van der Waals surface area contributed by atoms with Gasteiger partial charge >= 0.3 is 6.03 Å². The molecule has 2 aromatic heterocycles. The highest BCUT2D eigenvalue weighted by molar-refractivity contribution is 5.99. The first-order valence-corrected chi connectivity index (χ1v) is 10.0. The second-order valence-corrected chi connectivity index (χ2v) is 7.24. The zero-order chi connectivity index (χ0) is 21.8. The minimum absolute atomic E-state index is 0.357. The number of ether oxygens (including phenoxy) is 1. The van der Waals surface area contributed by atoms with E-state index < -0.39 is 6.03 Å². The average molecular weight is 423 g/mol. The predicted octanol–water partition coefficient (Wildman–Crippen LogP) is 3.33. The maximum Gasteiger partial charge on any atom is 0.324 e. The van der Waals surface area contributed by atoms with Crippen molar-refractivity contribution < 1.29 is 14.1 Å². The number of urea groups is 1. The summed E-state index contributed by atoms with van der Waals surface area (Å²) in [5.41, 5.74) is 1.52. The van der Waals surface area contributed by atoms with Crippen LogP contribution in [0.2, 0.25) is 0 Å². The third kappa shape index (κ3) is 5.10. The first kappa shape index (κ1) is 20.6. The van der Waals surface area contributed by atoms with Gasteiger partial charge < -0.3 is 24.4 Å². The van der Waals surface area contributed by atoms with Crippen LogP contribution in [0.15, 0.2) is 40.9 Å². The Hall–Kier alpha value is -3.66. The van der Waals surface area contributed by atoms with Gasteiger partial charge in [-0.05, 0) is 32.0 Å². The number of nitrogens with one attached hydrogen (secondary N) is 2. The fourth-order valence-electron chi connectivity index (χ4n) is 3.29. The van der Waals surface area contributed by atoms with Gasteiger partial charge in [-0.1, -0.05) is 11.2 Å². The van der Waals surface area contributed by atoms with Crippen LogP contribution >= 0.6 is 0 Å². The molecule has 3 aromatic rings. The number of carbonyl (C=O) groups is 1. The lowest BCUT2D eigenvalue weighted by molar-refractivity contribution is 0.122. The second kappa shape index (κ2) is 9.00. The summed E-state index contributed by atoms with van der Waals surface area (Å²) >= 11 is 0. The Morgan fingerprint density at radius 1 is 1.10 bits per heavy atom. The molecule has 4 rings (SSSR count). The number of amides is 2. The van der Waals surface area contributed by atoms with Crippen LogP contribution in [-0.2, 0) is 4.74 Å². The van der Waals surface area contributed by atoms with Crippen LogP contribution in [0.1, 0.15) is 11.6 Å². The Kier molecular flexibility index (Phi) is 5.99. The molecular formula is C21H25N7O3. The van der Waals surface area contributed by atoms with Crippen molar-refractivity contribution in [1.82, 2.24) is 15.1 Å². The van der Waals surface area contributed by atoms with Crippen molar-refractivity contribution in [1.29, 1.82) is 0 Å². The standard InChI is InChI=1S/C21H25N7O3/c1-14-11-18(26-31-14)25-21(29)24-16-5-4-6-17(12-16)27(3)19-13-20(23-15(2)22-19)28-7-9-30-10-8-28/h4-6,11-13H,7-10H2,1-3H3,(H2,24,25,26,29). The average Bonchev–Trinajstić information content (AvgIpc) is 3.17. The van der Waals surface area contributed by atoms with E-state index in [1.807, 2.05) is 49.2 Å². The summed E-state index contributed by atoms with van der Waals surface area (Å²) in [7, 11) is 1.93. The molecule has 0 bridgehead atoms. The maximum atomic E-state index is 12.3. The molecule has 1 aliphatic rings. The molecule has 0 atom stereocenters. The van der Waals surface area contributed by atoms with Gasteiger partial charge in [0.25, 0.3) is 0 Å². The fourth-order valence-corrected chi connectivity index (χ4v) is 3.29.